The highest BCUT2D eigenvalue weighted by atomic mass is 19.1. The summed E-state index contributed by atoms with van der Waals surface area (Å²) in [5.41, 5.74) is -0.727. The molecule has 1 N–H and O–H groups in total. The molecule has 3 nitrogen and oxygen atoms in total. The smallest absolute Gasteiger partial charge is 0.318 e. The summed E-state index contributed by atoms with van der Waals surface area (Å²) in [6.07, 6.45) is -0.0101. The van der Waals surface area contributed by atoms with Crippen molar-refractivity contribution < 1.29 is 23.5 Å². The maximum Gasteiger partial charge on any atom is 0.318 e. The Morgan fingerprint density at radius 3 is 2.21 bits per heavy atom. The summed E-state index contributed by atoms with van der Waals surface area (Å²) in [4.78, 5) is 20.8. The van der Waals surface area contributed by atoms with Gasteiger partial charge in [-0.25, -0.2) is 8.78 Å². The largest absolute Gasteiger partial charge is 0.480 e. The number of carbonyl (C=O) groups excluding carboxylic acids is 1. The van der Waals surface area contributed by atoms with Crippen molar-refractivity contribution in [3.8, 4) is 0 Å². The number of aldehydes is 1. The number of halogens is 2. The molecular weight excluding hydrogens is 194 g/mol. The monoisotopic (exact) mass is 200 g/mol. The van der Waals surface area contributed by atoms with Crippen LogP contribution in [0.3, 0.4) is 0 Å². The molecule has 0 amide bonds. The Balaban J connectivity index is 3.28. The second kappa shape index (κ2) is 3.95. The van der Waals surface area contributed by atoms with E-state index in [1.807, 2.05) is 0 Å². The van der Waals surface area contributed by atoms with Gasteiger partial charge in [-0.2, -0.15) is 0 Å². The molecule has 0 saturated heterocycles. The van der Waals surface area contributed by atoms with E-state index in [9.17, 15) is 18.4 Å². The van der Waals surface area contributed by atoms with Crippen LogP contribution in [-0.2, 0) is 9.59 Å². The third-order valence-electron chi connectivity index (χ3n) is 1.71. The Morgan fingerprint density at radius 1 is 1.36 bits per heavy atom. The van der Waals surface area contributed by atoms with Crippen LogP contribution in [-0.4, -0.2) is 17.4 Å². The summed E-state index contributed by atoms with van der Waals surface area (Å²) in [5, 5.41) is 8.51. The van der Waals surface area contributed by atoms with E-state index in [4.69, 9.17) is 5.11 Å². The Hall–Kier alpha value is -1.78. The molecule has 0 aromatic heterocycles. The lowest BCUT2D eigenvalue weighted by molar-refractivity contribution is -0.140. The van der Waals surface area contributed by atoms with E-state index in [1.54, 1.807) is 0 Å². The van der Waals surface area contributed by atoms with Gasteiger partial charge in [0.25, 0.3) is 0 Å². The van der Waals surface area contributed by atoms with Gasteiger partial charge in [-0.15, -0.1) is 0 Å². The summed E-state index contributed by atoms with van der Waals surface area (Å²) in [5.74, 6) is -5.45. The first-order valence-corrected chi connectivity index (χ1v) is 3.70. The highest BCUT2D eigenvalue weighted by Gasteiger charge is 2.25. The van der Waals surface area contributed by atoms with Crippen LogP contribution in [0.5, 0.6) is 0 Å². The van der Waals surface area contributed by atoms with Gasteiger partial charge in [0.2, 0.25) is 0 Å². The summed E-state index contributed by atoms with van der Waals surface area (Å²) in [6.45, 7) is 0. The van der Waals surface area contributed by atoms with Crippen molar-refractivity contribution in [3.05, 3.63) is 35.4 Å². The van der Waals surface area contributed by atoms with Crippen LogP contribution >= 0.6 is 0 Å². The molecule has 0 aliphatic carbocycles. The SMILES string of the molecule is O=CC(C(=O)O)c1c(F)cccc1F. The molecule has 1 atom stereocenters. The first kappa shape index (κ1) is 10.3. The molecule has 5 heteroatoms. The molecule has 0 heterocycles. The van der Waals surface area contributed by atoms with E-state index in [0.29, 0.717) is 0 Å². The molecule has 0 fully saturated rings. The minimum absolute atomic E-state index is 0.0101. The first-order valence-electron chi connectivity index (χ1n) is 3.70. The summed E-state index contributed by atoms with van der Waals surface area (Å²) < 4.78 is 26.0. The highest BCUT2D eigenvalue weighted by molar-refractivity contribution is 5.93. The van der Waals surface area contributed by atoms with Gasteiger partial charge in [0.05, 0.1) is 0 Å². The van der Waals surface area contributed by atoms with Gasteiger partial charge in [-0.3, -0.25) is 4.79 Å². The second-order valence-electron chi connectivity index (χ2n) is 2.59. The van der Waals surface area contributed by atoms with Crippen LogP contribution in [0.15, 0.2) is 18.2 Å². The Labute approximate surface area is 78.0 Å². The molecule has 14 heavy (non-hydrogen) atoms. The van der Waals surface area contributed by atoms with E-state index in [-0.39, 0.29) is 6.29 Å². The van der Waals surface area contributed by atoms with Crippen molar-refractivity contribution in [1.29, 1.82) is 0 Å². The Morgan fingerprint density at radius 2 is 1.86 bits per heavy atom. The molecule has 0 aliphatic rings. The Bertz CT molecular complexity index is 356. The summed E-state index contributed by atoms with van der Waals surface area (Å²) >= 11 is 0. The summed E-state index contributed by atoms with van der Waals surface area (Å²) in [7, 11) is 0. The zero-order valence-electron chi connectivity index (χ0n) is 6.91. The van der Waals surface area contributed by atoms with Crippen LogP contribution in [0.1, 0.15) is 11.5 Å². The average Bonchev–Trinajstić information content (AvgIpc) is 2.10. The Kier molecular flexibility index (Phi) is 2.91. The van der Waals surface area contributed by atoms with Crippen LogP contribution in [0, 0.1) is 11.6 Å². The minimum atomic E-state index is -1.80. The van der Waals surface area contributed by atoms with Crippen LogP contribution in [0.2, 0.25) is 0 Å². The molecule has 0 aliphatic heterocycles. The van der Waals surface area contributed by atoms with Gasteiger partial charge in [-0.05, 0) is 12.1 Å². The predicted octanol–water partition coefficient (Wildman–Crippen LogP) is 1.33. The lowest BCUT2D eigenvalue weighted by Crippen LogP contribution is -2.16. The van der Waals surface area contributed by atoms with Crippen LogP contribution in [0.25, 0.3) is 0 Å². The quantitative estimate of drug-likeness (QED) is 0.591. The fourth-order valence-corrected chi connectivity index (χ4v) is 1.06. The number of carbonyl (C=O) groups is 2. The molecule has 0 saturated carbocycles. The number of carboxylic acids is 1. The number of rotatable bonds is 3. The fraction of sp³-hybridized carbons (Fsp3) is 0.111. The normalized spacial score (nSPS) is 12.1. The lowest BCUT2D eigenvalue weighted by atomic mass is 10.00. The van der Waals surface area contributed by atoms with Crippen molar-refractivity contribution in [3.63, 3.8) is 0 Å². The van der Waals surface area contributed by atoms with Gasteiger partial charge in [-0.1, -0.05) is 6.07 Å². The van der Waals surface area contributed by atoms with E-state index < -0.39 is 29.1 Å². The third-order valence-corrected chi connectivity index (χ3v) is 1.71. The number of hydrogen-bond donors (Lipinski definition) is 1. The number of hydrogen-bond acceptors (Lipinski definition) is 2. The topological polar surface area (TPSA) is 54.4 Å². The summed E-state index contributed by atoms with van der Waals surface area (Å²) in [6, 6.07) is 2.90. The van der Waals surface area contributed by atoms with Gasteiger partial charge in [0.15, 0.2) is 0 Å². The van der Waals surface area contributed by atoms with Gasteiger partial charge in [0, 0.05) is 5.56 Å². The number of benzene rings is 1. The van der Waals surface area contributed by atoms with Gasteiger partial charge in [0.1, 0.15) is 23.8 Å². The second-order valence-corrected chi connectivity index (χ2v) is 2.59. The maximum atomic E-state index is 13.0. The van der Waals surface area contributed by atoms with E-state index >= 15 is 0 Å². The van der Waals surface area contributed by atoms with Crippen molar-refractivity contribution in [2.75, 3.05) is 0 Å². The molecular formula is C9H6F2O3. The molecule has 1 unspecified atom stereocenters. The number of aliphatic carboxylic acids is 1. The standard InChI is InChI=1S/C9H6F2O3/c10-6-2-1-3-7(11)8(6)5(4-12)9(13)14/h1-5H,(H,13,14). The molecule has 0 bridgehead atoms. The zero-order valence-corrected chi connectivity index (χ0v) is 6.91. The van der Waals surface area contributed by atoms with Crippen LogP contribution < -0.4 is 0 Å². The minimum Gasteiger partial charge on any atom is -0.480 e. The fourth-order valence-electron chi connectivity index (χ4n) is 1.06. The van der Waals surface area contributed by atoms with Gasteiger partial charge < -0.3 is 9.90 Å². The number of carboxylic acid groups (broad SMARTS) is 1. The van der Waals surface area contributed by atoms with E-state index in [1.165, 1.54) is 0 Å². The third kappa shape index (κ3) is 1.76. The zero-order chi connectivity index (χ0) is 10.7. The van der Waals surface area contributed by atoms with Crippen molar-refractivity contribution in [2.45, 2.75) is 5.92 Å². The molecule has 0 spiro atoms. The van der Waals surface area contributed by atoms with E-state index in [0.717, 1.165) is 18.2 Å². The molecule has 74 valence electrons. The molecule has 0 radical (unpaired) electrons. The average molecular weight is 200 g/mol. The predicted molar refractivity (Wildman–Crippen MR) is 42.8 cm³/mol. The molecule has 1 aromatic carbocycles. The lowest BCUT2D eigenvalue weighted by Gasteiger charge is -2.07. The van der Waals surface area contributed by atoms with E-state index in [2.05, 4.69) is 0 Å². The molecule has 1 rings (SSSR count). The van der Waals surface area contributed by atoms with Crippen LogP contribution in [0.4, 0.5) is 8.78 Å². The van der Waals surface area contributed by atoms with Crippen molar-refractivity contribution >= 4 is 12.3 Å². The molecule has 1 aromatic rings. The maximum absolute atomic E-state index is 13.0. The first-order chi connectivity index (χ1) is 6.57. The van der Waals surface area contributed by atoms with Crippen molar-refractivity contribution in [2.24, 2.45) is 0 Å². The van der Waals surface area contributed by atoms with Gasteiger partial charge >= 0.3 is 5.97 Å². The van der Waals surface area contributed by atoms with Crippen molar-refractivity contribution in [1.82, 2.24) is 0 Å². The highest BCUT2D eigenvalue weighted by Crippen LogP contribution is 2.21.